The van der Waals surface area contributed by atoms with Gasteiger partial charge in [-0.25, -0.2) is 4.52 Å². The summed E-state index contributed by atoms with van der Waals surface area (Å²) < 4.78 is 1.72. The van der Waals surface area contributed by atoms with Gasteiger partial charge in [0.1, 0.15) is 0 Å². The minimum atomic E-state index is -0.217. The Kier molecular flexibility index (Phi) is 3.59. The van der Waals surface area contributed by atoms with E-state index in [2.05, 4.69) is 15.4 Å². The van der Waals surface area contributed by atoms with Gasteiger partial charge in [0.05, 0.1) is 5.69 Å². The van der Waals surface area contributed by atoms with Gasteiger partial charge in [0, 0.05) is 10.9 Å². The van der Waals surface area contributed by atoms with E-state index in [0.717, 1.165) is 21.8 Å². The van der Waals surface area contributed by atoms with E-state index in [1.165, 1.54) is 11.3 Å². The van der Waals surface area contributed by atoms with E-state index in [9.17, 15) is 4.79 Å². The second-order valence-electron chi connectivity index (χ2n) is 5.40. The third kappa shape index (κ3) is 2.68. The Morgan fingerprint density at radius 3 is 2.46 bits per heavy atom. The van der Waals surface area contributed by atoms with Gasteiger partial charge in [-0.15, -0.1) is 16.4 Å². The van der Waals surface area contributed by atoms with Crippen molar-refractivity contribution in [3.8, 4) is 11.1 Å². The summed E-state index contributed by atoms with van der Waals surface area (Å²) in [5.41, 5.74) is 3.76. The Bertz CT molecular complexity index is 1000. The summed E-state index contributed by atoms with van der Waals surface area (Å²) in [6.45, 7) is 1.95. The van der Waals surface area contributed by atoms with Gasteiger partial charge in [0.25, 0.3) is 11.9 Å². The maximum Gasteiger partial charge on any atom is 0.258 e. The molecule has 0 saturated heterocycles. The van der Waals surface area contributed by atoms with Crippen molar-refractivity contribution in [1.29, 1.82) is 0 Å². The predicted molar refractivity (Wildman–Crippen MR) is 95.4 cm³/mol. The van der Waals surface area contributed by atoms with Crippen LogP contribution in [0.25, 0.3) is 16.1 Å². The zero-order valence-electron chi connectivity index (χ0n) is 12.9. The van der Waals surface area contributed by atoms with Crippen LogP contribution >= 0.6 is 11.3 Å². The molecule has 4 rings (SSSR count). The number of rotatable bonds is 3. The smallest absolute Gasteiger partial charge is 0.258 e. The number of thiazole rings is 1. The zero-order chi connectivity index (χ0) is 16.5. The number of nitrogens with one attached hydrogen (secondary N) is 1. The van der Waals surface area contributed by atoms with E-state index in [0.29, 0.717) is 11.5 Å². The summed E-state index contributed by atoms with van der Waals surface area (Å²) in [6, 6.07) is 17.5. The SMILES string of the molecule is Cc1csc2nc(NC(=O)c3ccc(-c4ccccc4)cc3)nn12. The minimum Gasteiger partial charge on any atom is -0.289 e. The molecule has 0 aliphatic carbocycles. The standard InChI is InChI=1S/C18H14N4OS/c1-12-11-24-18-20-17(21-22(12)18)19-16(23)15-9-7-14(8-10-15)13-5-3-2-4-6-13/h2-11H,1H3,(H,19,21,23). The average Bonchev–Trinajstić information content (AvgIpc) is 3.17. The largest absolute Gasteiger partial charge is 0.289 e. The molecule has 0 saturated carbocycles. The van der Waals surface area contributed by atoms with Crippen LogP contribution in [-0.4, -0.2) is 20.5 Å². The number of fused-ring (bicyclic) bond motifs is 1. The number of aromatic nitrogens is 3. The summed E-state index contributed by atoms with van der Waals surface area (Å²) in [5.74, 6) is 0.104. The molecule has 0 bridgehead atoms. The van der Waals surface area contributed by atoms with Crippen molar-refractivity contribution < 1.29 is 4.79 Å². The zero-order valence-corrected chi connectivity index (χ0v) is 13.7. The number of carbonyl (C=O) groups excluding carboxylic acids is 1. The highest BCUT2D eigenvalue weighted by Crippen LogP contribution is 2.20. The molecule has 0 radical (unpaired) electrons. The third-order valence-electron chi connectivity index (χ3n) is 3.73. The number of hydrogen-bond donors (Lipinski definition) is 1. The molecule has 4 aromatic rings. The van der Waals surface area contributed by atoms with Gasteiger partial charge >= 0.3 is 0 Å². The van der Waals surface area contributed by atoms with Gasteiger partial charge in [0.2, 0.25) is 4.96 Å². The lowest BCUT2D eigenvalue weighted by atomic mass is 10.0. The molecule has 2 heterocycles. The molecule has 2 aromatic carbocycles. The third-order valence-corrected chi connectivity index (χ3v) is 4.66. The normalized spacial score (nSPS) is 10.9. The maximum absolute atomic E-state index is 12.3. The number of amides is 1. The van der Waals surface area contributed by atoms with Crippen molar-refractivity contribution >= 4 is 28.2 Å². The summed E-state index contributed by atoms with van der Waals surface area (Å²) in [5, 5.41) is 9.01. The van der Waals surface area contributed by atoms with E-state index in [-0.39, 0.29) is 5.91 Å². The van der Waals surface area contributed by atoms with Crippen molar-refractivity contribution in [2.75, 3.05) is 5.32 Å². The quantitative estimate of drug-likeness (QED) is 0.615. The number of hydrogen-bond acceptors (Lipinski definition) is 4. The van der Waals surface area contributed by atoms with E-state index in [1.54, 1.807) is 16.6 Å². The molecule has 2 aromatic heterocycles. The van der Waals surface area contributed by atoms with Gasteiger partial charge in [-0.05, 0) is 30.2 Å². The Hall–Kier alpha value is -2.99. The Balaban J connectivity index is 1.53. The van der Waals surface area contributed by atoms with Crippen molar-refractivity contribution in [3.63, 3.8) is 0 Å². The molecule has 0 fully saturated rings. The topological polar surface area (TPSA) is 59.3 Å². The number of benzene rings is 2. The first-order chi connectivity index (χ1) is 11.7. The second kappa shape index (κ2) is 5.90. The Labute approximate surface area is 142 Å². The fourth-order valence-electron chi connectivity index (χ4n) is 2.46. The minimum absolute atomic E-state index is 0.217. The van der Waals surface area contributed by atoms with E-state index < -0.39 is 0 Å². The molecular formula is C18H14N4OS. The monoisotopic (exact) mass is 334 g/mol. The number of anilines is 1. The van der Waals surface area contributed by atoms with Gasteiger partial charge in [-0.3, -0.25) is 10.1 Å². The molecule has 118 valence electrons. The van der Waals surface area contributed by atoms with Crippen LogP contribution in [0.2, 0.25) is 0 Å². The van der Waals surface area contributed by atoms with Crippen molar-refractivity contribution in [1.82, 2.24) is 14.6 Å². The summed E-state index contributed by atoms with van der Waals surface area (Å²) >= 11 is 1.50. The van der Waals surface area contributed by atoms with E-state index in [4.69, 9.17) is 0 Å². The molecule has 1 N–H and O–H groups in total. The molecule has 5 nitrogen and oxygen atoms in total. The highest BCUT2D eigenvalue weighted by Gasteiger charge is 2.12. The van der Waals surface area contributed by atoms with Crippen LogP contribution in [-0.2, 0) is 0 Å². The van der Waals surface area contributed by atoms with Crippen LogP contribution in [0.4, 0.5) is 5.95 Å². The lowest BCUT2D eigenvalue weighted by Gasteiger charge is -2.04. The molecule has 0 atom stereocenters. The first kappa shape index (κ1) is 14.6. The van der Waals surface area contributed by atoms with Crippen LogP contribution in [0, 0.1) is 6.92 Å². The summed E-state index contributed by atoms with van der Waals surface area (Å²) in [7, 11) is 0. The molecule has 0 unspecified atom stereocenters. The average molecular weight is 334 g/mol. The fourth-order valence-corrected chi connectivity index (χ4v) is 3.26. The molecule has 0 spiro atoms. The van der Waals surface area contributed by atoms with E-state index in [1.807, 2.05) is 54.8 Å². The summed E-state index contributed by atoms with van der Waals surface area (Å²) in [6.07, 6.45) is 0. The first-order valence-electron chi connectivity index (χ1n) is 7.48. The van der Waals surface area contributed by atoms with Crippen LogP contribution in [0.15, 0.2) is 60.0 Å². The van der Waals surface area contributed by atoms with Gasteiger partial charge in [-0.2, -0.15) is 4.98 Å². The van der Waals surface area contributed by atoms with Crippen LogP contribution in [0.1, 0.15) is 16.1 Å². The maximum atomic E-state index is 12.3. The lowest BCUT2D eigenvalue weighted by molar-refractivity contribution is 0.102. The number of nitrogens with zero attached hydrogens (tertiary/aromatic N) is 3. The van der Waals surface area contributed by atoms with Crippen LogP contribution < -0.4 is 5.32 Å². The molecule has 1 amide bonds. The lowest BCUT2D eigenvalue weighted by Crippen LogP contribution is -2.13. The van der Waals surface area contributed by atoms with Gasteiger partial charge in [-0.1, -0.05) is 42.5 Å². The van der Waals surface area contributed by atoms with Crippen LogP contribution in [0.5, 0.6) is 0 Å². The molecule has 0 aliphatic rings. The summed E-state index contributed by atoms with van der Waals surface area (Å²) in [4.78, 5) is 17.4. The van der Waals surface area contributed by atoms with Crippen molar-refractivity contribution in [2.45, 2.75) is 6.92 Å². The number of carbonyl (C=O) groups is 1. The number of aryl methyl sites for hydroxylation is 1. The molecule has 6 heteroatoms. The van der Waals surface area contributed by atoms with E-state index >= 15 is 0 Å². The highest BCUT2D eigenvalue weighted by molar-refractivity contribution is 7.15. The van der Waals surface area contributed by atoms with Crippen LogP contribution in [0.3, 0.4) is 0 Å². The van der Waals surface area contributed by atoms with Crippen molar-refractivity contribution in [3.05, 3.63) is 71.2 Å². The Morgan fingerprint density at radius 1 is 1.04 bits per heavy atom. The fraction of sp³-hybridized carbons (Fsp3) is 0.0556. The van der Waals surface area contributed by atoms with Gasteiger partial charge in [0.15, 0.2) is 0 Å². The van der Waals surface area contributed by atoms with Gasteiger partial charge < -0.3 is 0 Å². The molecular weight excluding hydrogens is 320 g/mol. The predicted octanol–water partition coefficient (Wildman–Crippen LogP) is 4.02. The first-order valence-corrected chi connectivity index (χ1v) is 8.36. The Morgan fingerprint density at radius 2 is 1.75 bits per heavy atom. The van der Waals surface area contributed by atoms with Crippen molar-refractivity contribution in [2.24, 2.45) is 0 Å². The molecule has 0 aliphatic heterocycles. The highest BCUT2D eigenvalue weighted by atomic mass is 32.1. The second-order valence-corrected chi connectivity index (χ2v) is 6.24. The molecule has 24 heavy (non-hydrogen) atoms.